The van der Waals surface area contributed by atoms with Crippen LogP contribution in [0.5, 0.6) is 0 Å². The van der Waals surface area contributed by atoms with Gasteiger partial charge in [0.1, 0.15) is 17.2 Å². The Balaban J connectivity index is 1.83. The summed E-state index contributed by atoms with van der Waals surface area (Å²) in [6, 6.07) is 16.0. The van der Waals surface area contributed by atoms with Gasteiger partial charge in [0.25, 0.3) is 0 Å². The van der Waals surface area contributed by atoms with Crippen molar-refractivity contribution in [3.8, 4) is 22.5 Å². The molecular formula is C20H16N6. The van der Waals surface area contributed by atoms with Gasteiger partial charge in [-0.1, -0.05) is 12.1 Å². The Labute approximate surface area is 149 Å². The second-order valence-corrected chi connectivity index (χ2v) is 6.27. The predicted molar refractivity (Wildman–Crippen MR) is 102 cm³/mol. The largest absolute Gasteiger partial charge is 0.382 e. The molecule has 0 amide bonds. The fourth-order valence-electron chi connectivity index (χ4n) is 3.30. The molecule has 0 atom stereocenters. The van der Waals surface area contributed by atoms with Crippen LogP contribution in [0.25, 0.3) is 33.7 Å². The second-order valence-electron chi connectivity index (χ2n) is 6.27. The predicted octanol–water partition coefficient (Wildman–Crippen LogP) is 3.60. The Hall–Kier alpha value is -3.67. The summed E-state index contributed by atoms with van der Waals surface area (Å²) >= 11 is 0. The molecular weight excluding hydrogens is 324 g/mol. The number of imidazole rings is 1. The van der Waals surface area contributed by atoms with E-state index in [9.17, 15) is 0 Å². The minimum absolute atomic E-state index is 0.502. The molecule has 5 aromatic rings. The number of nitrogen functional groups attached to an aromatic ring is 1. The third kappa shape index (κ3) is 2.23. The van der Waals surface area contributed by atoms with E-state index in [2.05, 4.69) is 16.0 Å². The van der Waals surface area contributed by atoms with Crippen LogP contribution in [-0.2, 0) is 0 Å². The minimum atomic E-state index is 0.502. The van der Waals surface area contributed by atoms with Crippen molar-refractivity contribution in [1.29, 1.82) is 0 Å². The summed E-state index contributed by atoms with van der Waals surface area (Å²) in [5, 5.41) is 4.79. The number of anilines is 1. The normalized spacial score (nSPS) is 11.4. The van der Waals surface area contributed by atoms with Crippen LogP contribution >= 0.6 is 0 Å². The van der Waals surface area contributed by atoms with Gasteiger partial charge in [-0.15, -0.1) is 0 Å². The minimum Gasteiger partial charge on any atom is -0.382 e. The molecule has 0 unspecified atom stereocenters. The summed E-state index contributed by atoms with van der Waals surface area (Å²) in [4.78, 5) is 8.97. The zero-order chi connectivity index (χ0) is 17.7. The summed E-state index contributed by atoms with van der Waals surface area (Å²) in [6.45, 7) is 1.99. The zero-order valence-corrected chi connectivity index (χ0v) is 14.2. The standard InChI is InChI=1S/C20H16N6/c1-13-5-4-6-15(22-13)20-19(16-7-2-3-10-26(16)24-20)14-8-9-18-23-17(21)12-25(18)11-14/h2-12H,21H2,1H3. The molecule has 0 aliphatic carbocycles. The number of fused-ring (bicyclic) bond motifs is 2. The molecule has 6 heteroatoms. The highest BCUT2D eigenvalue weighted by Gasteiger charge is 2.18. The lowest BCUT2D eigenvalue weighted by atomic mass is 10.0. The van der Waals surface area contributed by atoms with E-state index in [-0.39, 0.29) is 0 Å². The first-order valence-corrected chi connectivity index (χ1v) is 8.35. The maximum atomic E-state index is 5.83. The maximum absolute atomic E-state index is 5.83. The number of hydrogen-bond donors (Lipinski definition) is 1. The van der Waals surface area contributed by atoms with Gasteiger partial charge in [-0.2, -0.15) is 5.10 Å². The SMILES string of the molecule is Cc1cccc(-c2nn3ccccc3c2-c2ccc3nc(N)cn3c2)n1. The topological polar surface area (TPSA) is 73.5 Å². The highest BCUT2D eigenvalue weighted by Crippen LogP contribution is 2.34. The van der Waals surface area contributed by atoms with E-state index in [1.807, 2.05) is 76.9 Å². The third-order valence-electron chi connectivity index (χ3n) is 4.43. The molecule has 0 radical (unpaired) electrons. The van der Waals surface area contributed by atoms with Crippen molar-refractivity contribution in [2.24, 2.45) is 0 Å². The van der Waals surface area contributed by atoms with Crippen molar-refractivity contribution >= 4 is 17.0 Å². The first-order valence-electron chi connectivity index (χ1n) is 8.35. The number of rotatable bonds is 2. The van der Waals surface area contributed by atoms with Crippen molar-refractivity contribution in [3.05, 3.63) is 72.8 Å². The molecule has 0 aliphatic heterocycles. The summed E-state index contributed by atoms with van der Waals surface area (Å²) in [5.74, 6) is 0.502. The molecule has 126 valence electrons. The van der Waals surface area contributed by atoms with E-state index in [0.29, 0.717) is 5.82 Å². The van der Waals surface area contributed by atoms with Gasteiger partial charge < -0.3 is 10.1 Å². The van der Waals surface area contributed by atoms with Gasteiger partial charge in [-0.25, -0.2) is 9.50 Å². The fraction of sp³-hybridized carbons (Fsp3) is 0.0500. The lowest BCUT2D eigenvalue weighted by Gasteiger charge is -2.05. The number of nitrogens with two attached hydrogens (primary N) is 1. The average Bonchev–Trinajstić information content (AvgIpc) is 3.20. The van der Waals surface area contributed by atoms with Crippen LogP contribution in [-0.4, -0.2) is 24.0 Å². The Morgan fingerprint density at radius 1 is 0.923 bits per heavy atom. The fourth-order valence-corrected chi connectivity index (χ4v) is 3.30. The van der Waals surface area contributed by atoms with Gasteiger partial charge in [-0.3, -0.25) is 4.98 Å². The molecule has 2 N–H and O–H groups in total. The van der Waals surface area contributed by atoms with E-state index in [1.54, 1.807) is 0 Å². The first-order chi connectivity index (χ1) is 12.7. The molecule has 0 spiro atoms. The highest BCUT2D eigenvalue weighted by atomic mass is 15.2. The van der Waals surface area contributed by atoms with E-state index in [0.717, 1.165) is 39.4 Å². The maximum Gasteiger partial charge on any atom is 0.142 e. The number of pyridine rings is 3. The summed E-state index contributed by atoms with van der Waals surface area (Å²) in [5.41, 5.74) is 12.4. The van der Waals surface area contributed by atoms with Crippen molar-refractivity contribution in [1.82, 2.24) is 24.0 Å². The van der Waals surface area contributed by atoms with Gasteiger partial charge in [0.2, 0.25) is 0 Å². The molecule has 5 aromatic heterocycles. The number of hydrogen-bond acceptors (Lipinski definition) is 4. The van der Waals surface area contributed by atoms with E-state index >= 15 is 0 Å². The van der Waals surface area contributed by atoms with E-state index < -0.39 is 0 Å². The Bertz CT molecular complexity index is 1260. The smallest absolute Gasteiger partial charge is 0.142 e. The molecule has 0 aliphatic rings. The lowest BCUT2D eigenvalue weighted by molar-refractivity contribution is 0.961. The van der Waals surface area contributed by atoms with Crippen LogP contribution < -0.4 is 5.73 Å². The average molecular weight is 340 g/mol. The summed E-state index contributed by atoms with van der Waals surface area (Å²) in [6.07, 6.45) is 5.79. The highest BCUT2D eigenvalue weighted by molar-refractivity contribution is 5.91. The molecule has 5 heterocycles. The summed E-state index contributed by atoms with van der Waals surface area (Å²) < 4.78 is 3.83. The Morgan fingerprint density at radius 3 is 2.73 bits per heavy atom. The van der Waals surface area contributed by atoms with Crippen LogP contribution in [0.3, 0.4) is 0 Å². The van der Waals surface area contributed by atoms with Crippen molar-refractivity contribution < 1.29 is 0 Å². The van der Waals surface area contributed by atoms with Gasteiger partial charge in [-0.05, 0) is 43.3 Å². The molecule has 6 nitrogen and oxygen atoms in total. The molecule has 0 fully saturated rings. The molecule has 0 saturated carbocycles. The molecule has 5 rings (SSSR count). The second kappa shape index (κ2) is 5.42. The first kappa shape index (κ1) is 14.7. The Kier molecular flexibility index (Phi) is 3.05. The van der Waals surface area contributed by atoms with Crippen molar-refractivity contribution in [2.45, 2.75) is 6.92 Å². The number of aromatic nitrogens is 5. The number of aryl methyl sites for hydroxylation is 1. The van der Waals surface area contributed by atoms with Crippen LogP contribution in [0.1, 0.15) is 5.69 Å². The van der Waals surface area contributed by atoms with E-state index in [4.69, 9.17) is 10.8 Å². The zero-order valence-electron chi connectivity index (χ0n) is 14.2. The molecule has 0 aromatic carbocycles. The van der Waals surface area contributed by atoms with E-state index in [1.165, 1.54) is 0 Å². The monoisotopic (exact) mass is 340 g/mol. The van der Waals surface area contributed by atoms with Crippen LogP contribution in [0, 0.1) is 6.92 Å². The number of nitrogens with zero attached hydrogens (tertiary/aromatic N) is 5. The van der Waals surface area contributed by atoms with Crippen LogP contribution in [0.4, 0.5) is 5.82 Å². The Morgan fingerprint density at radius 2 is 1.85 bits per heavy atom. The van der Waals surface area contributed by atoms with Crippen molar-refractivity contribution in [3.63, 3.8) is 0 Å². The van der Waals surface area contributed by atoms with Crippen LogP contribution in [0.15, 0.2) is 67.1 Å². The van der Waals surface area contributed by atoms with Gasteiger partial charge in [0.05, 0.1) is 17.4 Å². The van der Waals surface area contributed by atoms with Gasteiger partial charge in [0.15, 0.2) is 0 Å². The van der Waals surface area contributed by atoms with Gasteiger partial charge >= 0.3 is 0 Å². The third-order valence-corrected chi connectivity index (χ3v) is 4.43. The molecule has 26 heavy (non-hydrogen) atoms. The summed E-state index contributed by atoms with van der Waals surface area (Å²) in [7, 11) is 0. The van der Waals surface area contributed by atoms with Crippen LogP contribution in [0.2, 0.25) is 0 Å². The molecule has 0 saturated heterocycles. The van der Waals surface area contributed by atoms with Crippen molar-refractivity contribution in [2.75, 3.05) is 5.73 Å². The lowest BCUT2D eigenvalue weighted by Crippen LogP contribution is -1.90. The van der Waals surface area contributed by atoms with Gasteiger partial charge in [0, 0.05) is 29.2 Å². The molecule has 0 bridgehead atoms. The quantitative estimate of drug-likeness (QED) is 0.533.